The van der Waals surface area contributed by atoms with Crippen LogP contribution in [0.5, 0.6) is 0 Å². The van der Waals surface area contributed by atoms with Crippen molar-refractivity contribution in [3.05, 3.63) is 22.8 Å². The first-order chi connectivity index (χ1) is 7.34. The number of aromatic nitrogens is 1. The zero-order valence-electron chi connectivity index (χ0n) is 8.45. The van der Waals surface area contributed by atoms with Gasteiger partial charge in [-0.2, -0.15) is 0 Å². The molecule has 0 spiro atoms. The molecule has 0 aliphatic carbocycles. The van der Waals surface area contributed by atoms with Crippen LogP contribution in [-0.4, -0.2) is 36.5 Å². The highest BCUT2D eigenvalue weighted by Crippen LogP contribution is 2.17. The Kier molecular flexibility index (Phi) is 6.31. The van der Waals surface area contributed by atoms with Crippen molar-refractivity contribution < 1.29 is 9.84 Å². The first-order valence-corrected chi connectivity index (χ1v) is 5.67. The highest BCUT2D eigenvalue weighted by atomic mass is 79.9. The summed E-state index contributed by atoms with van der Waals surface area (Å²) >= 11 is 3.40. The van der Waals surface area contributed by atoms with Gasteiger partial charge in [-0.25, -0.2) is 4.98 Å². The summed E-state index contributed by atoms with van der Waals surface area (Å²) in [6, 6.07) is 3.82. The summed E-state index contributed by atoms with van der Waals surface area (Å²) in [6.07, 6.45) is 2.64. The number of rotatable bonds is 7. The van der Waals surface area contributed by atoms with Crippen LogP contribution in [-0.2, 0) is 4.74 Å². The highest BCUT2D eigenvalue weighted by Gasteiger charge is 1.97. The standard InChI is InChI=1S/C10H15BrN2O2/c11-9-3-1-4-12-10(9)13-5-2-7-15-8-6-14/h1,3-4,14H,2,5-8H2,(H,12,13). The van der Waals surface area contributed by atoms with E-state index in [4.69, 9.17) is 9.84 Å². The summed E-state index contributed by atoms with van der Waals surface area (Å²) in [4.78, 5) is 4.17. The minimum absolute atomic E-state index is 0.0826. The van der Waals surface area contributed by atoms with Gasteiger partial charge < -0.3 is 15.2 Å². The predicted molar refractivity (Wildman–Crippen MR) is 62.9 cm³/mol. The van der Waals surface area contributed by atoms with Crippen LogP contribution in [0.3, 0.4) is 0 Å². The molecule has 1 heterocycles. The molecule has 1 aromatic heterocycles. The molecule has 0 radical (unpaired) electrons. The summed E-state index contributed by atoms with van der Waals surface area (Å²) in [6.45, 7) is 1.95. The molecule has 0 unspecified atom stereocenters. The Balaban J connectivity index is 2.12. The molecule has 2 N–H and O–H groups in total. The van der Waals surface area contributed by atoms with Gasteiger partial charge in [0.1, 0.15) is 5.82 Å². The second kappa shape index (κ2) is 7.62. The number of pyridine rings is 1. The Morgan fingerprint density at radius 3 is 3.07 bits per heavy atom. The lowest BCUT2D eigenvalue weighted by molar-refractivity contribution is 0.0922. The van der Waals surface area contributed by atoms with E-state index in [9.17, 15) is 0 Å². The normalized spacial score (nSPS) is 10.3. The Bertz CT molecular complexity index is 284. The fourth-order valence-electron chi connectivity index (χ4n) is 1.06. The van der Waals surface area contributed by atoms with E-state index in [2.05, 4.69) is 26.2 Å². The molecular weight excluding hydrogens is 260 g/mol. The third-order valence-corrected chi connectivity index (χ3v) is 2.39. The van der Waals surface area contributed by atoms with Gasteiger partial charge in [0.25, 0.3) is 0 Å². The molecular formula is C10H15BrN2O2. The molecule has 0 bridgehead atoms. The van der Waals surface area contributed by atoms with Gasteiger partial charge in [-0.15, -0.1) is 0 Å². The molecule has 0 fully saturated rings. The first-order valence-electron chi connectivity index (χ1n) is 4.87. The van der Waals surface area contributed by atoms with E-state index in [-0.39, 0.29) is 6.61 Å². The van der Waals surface area contributed by atoms with Crippen LogP contribution >= 0.6 is 15.9 Å². The lowest BCUT2D eigenvalue weighted by atomic mass is 10.4. The molecule has 1 aromatic rings. The van der Waals surface area contributed by atoms with Crippen LogP contribution in [0.1, 0.15) is 6.42 Å². The molecule has 0 saturated heterocycles. The Hall–Kier alpha value is -0.650. The number of hydrogen-bond donors (Lipinski definition) is 2. The average Bonchev–Trinajstić information content (AvgIpc) is 2.25. The molecule has 0 aromatic carbocycles. The minimum atomic E-state index is 0.0826. The van der Waals surface area contributed by atoms with Crippen molar-refractivity contribution >= 4 is 21.7 Å². The summed E-state index contributed by atoms with van der Waals surface area (Å²) in [5.41, 5.74) is 0. The largest absolute Gasteiger partial charge is 0.394 e. The molecule has 1 rings (SSSR count). The summed E-state index contributed by atoms with van der Waals surface area (Å²) in [5, 5.41) is 11.7. The van der Waals surface area contributed by atoms with Crippen molar-refractivity contribution in [1.82, 2.24) is 4.98 Å². The van der Waals surface area contributed by atoms with Gasteiger partial charge in [0.05, 0.1) is 17.7 Å². The number of halogens is 1. The van der Waals surface area contributed by atoms with Gasteiger partial charge in [0.2, 0.25) is 0 Å². The number of ether oxygens (including phenoxy) is 1. The number of aliphatic hydroxyl groups is 1. The third kappa shape index (κ3) is 5.11. The average molecular weight is 275 g/mol. The van der Waals surface area contributed by atoms with Gasteiger partial charge in [0, 0.05) is 19.3 Å². The molecule has 0 aliphatic heterocycles. The maximum absolute atomic E-state index is 8.48. The monoisotopic (exact) mass is 274 g/mol. The van der Waals surface area contributed by atoms with Gasteiger partial charge in [-0.3, -0.25) is 0 Å². The minimum Gasteiger partial charge on any atom is -0.394 e. The molecule has 0 aliphatic rings. The highest BCUT2D eigenvalue weighted by molar-refractivity contribution is 9.10. The number of nitrogens with one attached hydrogen (secondary N) is 1. The number of aliphatic hydroxyl groups excluding tert-OH is 1. The second-order valence-electron chi connectivity index (χ2n) is 2.95. The zero-order chi connectivity index (χ0) is 10.9. The van der Waals surface area contributed by atoms with Crippen LogP contribution in [0.25, 0.3) is 0 Å². The molecule has 0 atom stereocenters. The first kappa shape index (κ1) is 12.4. The fraction of sp³-hybridized carbons (Fsp3) is 0.500. The topological polar surface area (TPSA) is 54.4 Å². The number of nitrogens with zero attached hydrogens (tertiary/aromatic N) is 1. The van der Waals surface area contributed by atoms with Gasteiger partial charge in [-0.1, -0.05) is 0 Å². The van der Waals surface area contributed by atoms with E-state index in [0.29, 0.717) is 13.2 Å². The van der Waals surface area contributed by atoms with Crippen molar-refractivity contribution in [3.63, 3.8) is 0 Å². The predicted octanol–water partition coefficient (Wildman–Crippen LogP) is 1.65. The van der Waals surface area contributed by atoms with Crippen LogP contribution in [0, 0.1) is 0 Å². The van der Waals surface area contributed by atoms with Crippen LogP contribution in [0.15, 0.2) is 22.8 Å². The van der Waals surface area contributed by atoms with Gasteiger partial charge >= 0.3 is 0 Å². The molecule has 0 amide bonds. The summed E-state index contributed by atoms with van der Waals surface area (Å²) in [7, 11) is 0. The molecule has 4 nitrogen and oxygen atoms in total. The maximum atomic E-state index is 8.48. The number of anilines is 1. The SMILES string of the molecule is OCCOCCCNc1ncccc1Br. The van der Waals surface area contributed by atoms with Crippen molar-refractivity contribution in [2.24, 2.45) is 0 Å². The third-order valence-electron chi connectivity index (χ3n) is 1.75. The van der Waals surface area contributed by atoms with Crippen LogP contribution < -0.4 is 5.32 Å². The van der Waals surface area contributed by atoms with Crippen molar-refractivity contribution in [1.29, 1.82) is 0 Å². The van der Waals surface area contributed by atoms with Crippen LogP contribution in [0.2, 0.25) is 0 Å². The molecule has 0 saturated carbocycles. The Morgan fingerprint density at radius 2 is 2.33 bits per heavy atom. The van der Waals surface area contributed by atoms with Gasteiger partial charge in [0.15, 0.2) is 0 Å². The second-order valence-corrected chi connectivity index (χ2v) is 3.80. The number of hydrogen-bond acceptors (Lipinski definition) is 4. The van der Waals surface area contributed by atoms with Crippen molar-refractivity contribution in [3.8, 4) is 0 Å². The van der Waals surface area contributed by atoms with E-state index >= 15 is 0 Å². The van der Waals surface area contributed by atoms with E-state index in [1.54, 1.807) is 6.20 Å². The Labute approximate surface area is 97.8 Å². The van der Waals surface area contributed by atoms with E-state index in [0.717, 1.165) is 23.3 Å². The van der Waals surface area contributed by atoms with E-state index in [1.165, 1.54) is 0 Å². The zero-order valence-corrected chi connectivity index (χ0v) is 10.0. The summed E-state index contributed by atoms with van der Waals surface area (Å²) in [5.74, 6) is 0.847. The van der Waals surface area contributed by atoms with E-state index in [1.807, 2.05) is 12.1 Å². The smallest absolute Gasteiger partial charge is 0.140 e. The lowest BCUT2D eigenvalue weighted by Gasteiger charge is -2.06. The van der Waals surface area contributed by atoms with Crippen molar-refractivity contribution in [2.45, 2.75) is 6.42 Å². The summed E-state index contributed by atoms with van der Waals surface area (Å²) < 4.78 is 6.09. The quantitative estimate of drug-likeness (QED) is 0.743. The fourth-order valence-corrected chi connectivity index (χ4v) is 1.46. The lowest BCUT2D eigenvalue weighted by Crippen LogP contribution is -2.08. The Morgan fingerprint density at radius 1 is 1.47 bits per heavy atom. The van der Waals surface area contributed by atoms with Crippen LogP contribution in [0.4, 0.5) is 5.82 Å². The maximum Gasteiger partial charge on any atom is 0.140 e. The molecule has 5 heteroatoms. The van der Waals surface area contributed by atoms with Crippen molar-refractivity contribution in [2.75, 3.05) is 31.7 Å². The van der Waals surface area contributed by atoms with E-state index < -0.39 is 0 Å². The van der Waals surface area contributed by atoms with Gasteiger partial charge in [-0.05, 0) is 34.5 Å². The molecule has 84 valence electrons. The molecule has 15 heavy (non-hydrogen) atoms.